The molecular formula is C15H23NO2S. The molecule has 0 aromatic carbocycles. The van der Waals surface area contributed by atoms with E-state index in [2.05, 4.69) is 12.2 Å². The molecule has 4 heteroatoms. The van der Waals surface area contributed by atoms with E-state index in [1.807, 2.05) is 11.4 Å². The summed E-state index contributed by atoms with van der Waals surface area (Å²) in [6.07, 6.45) is 8.05. The van der Waals surface area contributed by atoms with E-state index in [1.54, 1.807) is 0 Å². The highest BCUT2D eigenvalue weighted by Gasteiger charge is 2.19. The molecule has 1 fully saturated rings. The van der Waals surface area contributed by atoms with Gasteiger partial charge in [-0.3, -0.25) is 0 Å². The average Bonchev–Trinajstić information content (AvgIpc) is 2.69. The largest absolute Gasteiger partial charge is 0.477 e. The third kappa shape index (κ3) is 4.05. The third-order valence-electron chi connectivity index (χ3n) is 4.16. The molecule has 1 aromatic heterocycles. The number of nitrogens with one attached hydrogen (secondary N) is 1. The molecule has 1 aliphatic rings. The van der Waals surface area contributed by atoms with Crippen molar-refractivity contribution in [3.8, 4) is 0 Å². The Labute approximate surface area is 119 Å². The summed E-state index contributed by atoms with van der Waals surface area (Å²) in [6, 6.07) is 2.39. The molecule has 2 rings (SSSR count). The van der Waals surface area contributed by atoms with Crippen molar-refractivity contribution in [3.05, 3.63) is 21.9 Å². The van der Waals surface area contributed by atoms with Crippen molar-refractivity contribution in [3.63, 3.8) is 0 Å². The second kappa shape index (κ2) is 7.06. The van der Waals surface area contributed by atoms with Crippen LogP contribution in [0.2, 0.25) is 0 Å². The number of carboxylic acids is 1. The summed E-state index contributed by atoms with van der Waals surface area (Å²) >= 11 is 1.31. The fourth-order valence-corrected chi connectivity index (χ4v) is 3.67. The molecule has 1 saturated carbocycles. The minimum absolute atomic E-state index is 0.472. The first-order valence-corrected chi connectivity index (χ1v) is 8.09. The van der Waals surface area contributed by atoms with Crippen molar-refractivity contribution in [1.29, 1.82) is 0 Å². The van der Waals surface area contributed by atoms with E-state index in [1.165, 1.54) is 49.9 Å². The van der Waals surface area contributed by atoms with Crippen LogP contribution in [0, 0.1) is 5.92 Å². The number of carbonyl (C=O) groups is 1. The first-order valence-electron chi connectivity index (χ1n) is 7.21. The average molecular weight is 281 g/mol. The van der Waals surface area contributed by atoms with E-state index in [0.717, 1.165) is 11.5 Å². The van der Waals surface area contributed by atoms with Crippen LogP contribution in [-0.4, -0.2) is 17.1 Å². The molecule has 106 valence electrons. The summed E-state index contributed by atoms with van der Waals surface area (Å²) in [7, 11) is 0. The molecule has 1 aromatic rings. The Morgan fingerprint density at radius 1 is 1.42 bits per heavy atom. The molecule has 0 aliphatic heterocycles. The van der Waals surface area contributed by atoms with Gasteiger partial charge < -0.3 is 10.4 Å². The fourth-order valence-electron chi connectivity index (χ4n) is 2.91. The van der Waals surface area contributed by atoms with Crippen LogP contribution in [0.4, 0.5) is 0 Å². The minimum atomic E-state index is -0.811. The molecule has 1 aliphatic carbocycles. The van der Waals surface area contributed by atoms with Gasteiger partial charge in [-0.05, 0) is 42.7 Å². The first kappa shape index (κ1) is 14.5. The van der Waals surface area contributed by atoms with Gasteiger partial charge in [0.05, 0.1) is 0 Å². The van der Waals surface area contributed by atoms with Crippen LogP contribution < -0.4 is 5.32 Å². The van der Waals surface area contributed by atoms with Gasteiger partial charge >= 0.3 is 5.97 Å². The van der Waals surface area contributed by atoms with Gasteiger partial charge in [0.25, 0.3) is 0 Å². The quantitative estimate of drug-likeness (QED) is 0.805. The van der Waals surface area contributed by atoms with Gasteiger partial charge in [0, 0.05) is 12.6 Å². The lowest BCUT2D eigenvalue weighted by molar-refractivity contribution is 0.0701. The van der Waals surface area contributed by atoms with Crippen LogP contribution in [-0.2, 0) is 6.54 Å². The SMILES string of the molecule is C[C@H](NCc1ccsc1C(=O)O)C1CCCCCC1. The Bertz CT molecular complexity index is 408. The van der Waals surface area contributed by atoms with Gasteiger partial charge in [0.15, 0.2) is 0 Å². The first-order chi connectivity index (χ1) is 9.18. The number of hydrogen-bond donors (Lipinski definition) is 2. The molecule has 0 bridgehead atoms. The second-order valence-corrected chi connectivity index (χ2v) is 6.42. The molecule has 0 spiro atoms. The molecule has 0 radical (unpaired) electrons. The van der Waals surface area contributed by atoms with E-state index >= 15 is 0 Å². The highest BCUT2D eigenvalue weighted by molar-refractivity contribution is 7.12. The van der Waals surface area contributed by atoms with E-state index < -0.39 is 5.97 Å². The van der Waals surface area contributed by atoms with Crippen molar-refractivity contribution >= 4 is 17.3 Å². The molecule has 1 heterocycles. The Balaban J connectivity index is 1.86. The standard InChI is InChI=1S/C15H23NO2S/c1-11(12-6-4-2-3-5-7-12)16-10-13-8-9-19-14(13)15(17)18/h8-9,11-12,16H,2-7,10H2,1H3,(H,17,18)/t11-/m0/s1. The van der Waals surface area contributed by atoms with Gasteiger partial charge in [-0.15, -0.1) is 11.3 Å². The summed E-state index contributed by atoms with van der Waals surface area (Å²) in [5, 5.41) is 14.5. The van der Waals surface area contributed by atoms with Crippen molar-refractivity contribution in [2.24, 2.45) is 5.92 Å². The van der Waals surface area contributed by atoms with Crippen LogP contribution in [0.3, 0.4) is 0 Å². The van der Waals surface area contributed by atoms with Crippen molar-refractivity contribution in [2.75, 3.05) is 0 Å². The zero-order valence-electron chi connectivity index (χ0n) is 11.5. The lowest BCUT2D eigenvalue weighted by Gasteiger charge is -2.23. The van der Waals surface area contributed by atoms with Crippen LogP contribution >= 0.6 is 11.3 Å². The van der Waals surface area contributed by atoms with Gasteiger partial charge in [-0.2, -0.15) is 0 Å². The molecule has 0 unspecified atom stereocenters. The maximum Gasteiger partial charge on any atom is 0.346 e. The topological polar surface area (TPSA) is 49.3 Å². The summed E-state index contributed by atoms with van der Waals surface area (Å²) in [5.41, 5.74) is 0.915. The summed E-state index contributed by atoms with van der Waals surface area (Å²) in [5.74, 6) is -0.0664. The smallest absolute Gasteiger partial charge is 0.346 e. The Morgan fingerprint density at radius 3 is 2.74 bits per heavy atom. The van der Waals surface area contributed by atoms with E-state index in [9.17, 15) is 4.79 Å². The van der Waals surface area contributed by atoms with E-state index in [-0.39, 0.29) is 0 Å². The summed E-state index contributed by atoms with van der Waals surface area (Å²) in [6.45, 7) is 2.91. The molecule has 3 nitrogen and oxygen atoms in total. The highest BCUT2D eigenvalue weighted by Crippen LogP contribution is 2.26. The Hall–Kier alpha value is -0.870. The monoisotopic (exact) mass is 281 g/mol. The zero-order chi connectivity index (χ0) is 13.7. The van der Waals surface area contributed by atoms with Gasteiger partial charge in [-0.25, -0.2) is 4.79 Å². The number of thiophene rings is 1. The molecule has 0 saturated heterocycles. The Morgan fingerprint density at radius 2 is 2.11 bits per heavy atom. The van der Waals surface area contributed by atoms with Crippen LogP contribution in [0.25, 0.3) is 0 Å². The summed E-state index contributed by atoms with van der Waals surface area (Å²) in [4.78, 5) is 11.5. The minimum Gasteiger partial charge on any atom is -0.477 e. The van der Waals surface area contributed by atoms with Gasteiger partial charge in [0.2, 0.25) is 0 Å². The van der Waals surface area contributed by atoms with Crippen molar-refractivity contribution in [2.45, 2.75) is 58.0 Å². The number of rotatable bonds is 5. The van der Waals surface area contributed by atoms with E-state index in [4.69, 9.17) is 5.11 Å². The molecule has 0 amide bonds. The molecule has 1 atom stereocenters. The lowest BCUT2D eigenvalue weighted by atomic mass is 9.93. The normalized spacial score (nSPS) is 19.0. The maximum absolute atomic E-state index is 11.1. The van der Waals surface area contributed by atoms with Crippen LogP contribution in [0.5, 0.6) is 0 Å². The summed E-state index contributed by atoms with van der Waals surface area (Å²) < 4.78 is 0. The zero-order valence-corrected chi connectivity index (χ0v) is 12.3. The van der Waals surface area contributed by atoms with Gasteiger partial charge in [-0.1, -0.05) is 25.7 Å². The Kier molecular flexibility index (Phi) is 5.40. The van der Waals surface area contributed by atoms with Crippen molar-refractivity contribution < 1.29 is 9.90 Å². The van der Waals surface area contributed by atoms with Crippen LogP contribution in [0.1, 0.15) is 60.7 Å². The molecule has 2 N–H and O–H groups in total. The number of hydrogen-bond acceptors (Lipinski definition) is 3. The predicted octanol–water partition coefficient (Wildman–Crippen LogP) is 3.89. The van der Waals surface area contributed by atoms with Gasteiger partial charge in [0.1, 0.15) is 4.88 Å². The predicted molar refractivity (Wildman–Crippen MR) is 78.8 cm³/mol. The molecule has 19 heavy (non-hydrogen) atoms. The van der Waals surface area contributed by atoms with Crippen LogP contribution in [0.15, 0.2) is 11.4 Å². The second-order valence-electron chi connectivity index (χ2n) is 5.50. The molecular weight excluding hydrogens is 258 g/mol. The fraction of sp³-hybridized carbons (Fsp3) is 0.667. The lowest BCUT2D eigenvalue weighted by Crippen LogP contribution is -2.33. The van der Waals surface area contributed by atoms with E-state index in [0.29, 0.717) is 17.5 Å². The number of carboxylic acid groups (broad SMARTS) is 1. The third-order valence-corrected chi connectivity index (χ3v) is 5.11. The van der Waals surface area contributed by atoms with Crippen molar-refractivity contribution in [1.82, 2.24) is 5.32 Å². The highest BCUT2D eigenvalue weighted by atomic mass is 32.1. The maximum atomic E-state index is 11.1. The number of aromatic carboxylic acids is 1.